The van der Waals surface area contributed by atoms with Gasteiger partial charge in [-0.25, -0.2) is 0 Å². The fourth-order valence-electron chi connectivity index (χ4n) is 3.91. The van der Waals surface area contributed by atoms with Crippen LogP contribution in [0.2, 0.25) is 10.0 Å². The van der Waals surface area contributed by atoms with Crippen LogP contribution >= 0.6 is 72.8 Å². The van der Waals surface area contributed by atoms with Gasteiger partial charge < -0.3 is 10.6 Å². The first kappa shape index (κ1) is 32.3. The molecule has 2 N–H and O–H groups in total. The van der Waals surface area contributed by atoms with Crippen LogP contribution in [0.1, 0.15) is 36.8 Å². The van der Waals surface area contributed by atoms with E-state index in [0.717, 1.165) is 48.1 Å². The molecule has 8 heteroatoms. The summed E-state index contributed by atoms with van der Waals surface area (Å²) in [4.78, 5) is 0. The molecule has 2 unspecified atom stereocenters. The van der Waals surface area contributed by atoms with Crippen molar-refractivity contribution in [1.29, 1.82) is 0 Å². The summed E-state index contributed by atoms with van der Waals surface area (Å²) in [6.45, 7) is 3.98. The average Bonchev–Trinajstić information content (AvgIpc) is 2.62. The van der Waals surface area contributed by atoms with Crippen molar-refractivity contribution in [2.75, 3.05) is 13.1 Å². The number of rotatable bonds is 8. The topological polar surface area (TPSA) is 24.1 Å². The zero-order valence-electron chi connectivity index (χ0n) is 16.8. The Balaban J connectivity index is 0. The maximum Gasteiger partial charge on any atom is 0.0409 e. The van der Waals surface area contributed by atoms with Gasteiger partial charge in [-0.2, -0.15) is 0 Å². The van der Waals surface area contributed by atoms with Gasteiger partial charge in [0.1, 0.15) is 0 Å². The highest BCUT2D eigenvalue weighted by Crippen LogP contribution is 2.28. The van der Waals surface area contributed by atoms with E-state index >= 15 is 0 Å². The maximum absolute atomic E-state index is 6.05. The molecule has 0 saturated heterocycles. The molecule has 0 aromatic heterocycles. The molecule has 1 aliphatic carbocycles. The third kappa shape index (κ3) is 11.6. The van der Waals surface area contributed by atoms with E-state index in [1.807, 2.05) is 36.4 Å². The van der Waals surface area contributed by atoms with Crippen LogP contribution in [0.3, 0.4) is 0 Å². The van der Waals surface area contributed by atoms with Gasteiger partial charge in [0.05, 0.1) is 0 Å². The van der Waals surface area contributed by atoms with Gasteiger partial charge in [0.25, 0.3) is 0 Å². The smallest absolute Gasteiger partial charge is 0.0409 e. The van der Waals surface area contributed by atoms with Crippen LogP contribution in [-0.4, -0.2) is 13.1 Å². The summed E-state index contributed by atoms with van der Waals surface area (Å²) >= 11 is 12.1. The van der Waals surface area contributed by atoms with Crippen LogP contribution in [0.25, 0.3) is 0 Å². The lowest BCUT2D eigenvalue weighted by atomic mass is 9.81. The summed E-state index contributed by atoms with van der Waals surface area (Å²) in [6, 6.07) is 16.2. The van der Waals surface area contributed by atoms with Crippen molar-refractivity contribution in [3.8, 4) is 0 Å². The first-order valence-electron chi connectivity index (χ1n) is 9.59. The fraction of sp³-hybridized carbons (Fsp3) is 0.455. The van der Waals surface area contributed by atoms with E-state index in [4.69, 9.17) is 23.2 Å². The summed E-state index contributed by atoms with van der Waals surface area (Å²) in [6.07, 6.45) is 5.33. The largest absolute Gasteiger partial charge is 0.312 e. The van der Waals surface area contributed by atoms with Gasteiger partial charge in [-0.3, -0.25) is 0 Å². The van der Waals surface area contributed by atoms with E-state index in [2.05, 4.69) is 22.8 Å². The molecule has 0 aliphatic heterocycles. The molecule has 2 aromatic rings. The van der Waals surface area contributed by atoms with E-state index in [1.165, 1.54) is 36.8 Å². The first-order valence-corrected chi connectivity index (χ1v) is 10.3. The summed E-state index contributed by atoms with van der Waals surface area (Å²) in [5.74, 6) is 1.56. The van der Waals surface area contributed by atoms with E-state index < -0.39 is 0 Å². The Hall–Kier alpha value is 0.1000. The Morgan fingerprint density at radius 3 is 1.53 bits per heavy atom. The molecule has 3 rings (SSSR count). The Morgan fingerprint density at radius 2 is 1.13 bits per heavy atom. The molecule has 0 spiro atoms. The monoisotopic (exact) mass is 534 g/mol. The van der Waals surface area contributed by atoms with Crippen molar-refractivity contribution < 1.29 is 0 Å². The highest BCUT2D eigenvalue weighted by Gasteiger charge is 2.21. The molecule has 2 nitrogen and oxygen atoms in total. The van der Waals surface area contributed by atoms with Crippen LogP contribution in [-0.2, 0) is 13.1 Å². The number of hydrogen-bond acceptors (Lipinski definition) is 2. The second-order valence-corrected chi connectivity index (χ2v) is 8.29. The maximum atomic E-state index is 6.05. The molecule has 30 heavy (non-hydrogen) atoms. The zero-order chi connectivity index (χ0) is 18.2. The summed E-state index contributed by atoms with van der Waals surface area (Å²) in [7, 11) is 0. The lowest BCUT2D eigenvalue weighted by molar-refractivity contribution is 0.252. The van der Waals surface area contributed by atoms with Crippen molar-refractivity contribution >= 4 is 72.8 Å². The zero-order valence-corrected chi connectivity index (χ0v) is 21.6. The third-order valence-corrected chi connectivity index (χ3v) is 5.66. The van der Waals surface area contributed by atoms with E-state index in [-0.39, 0.29) is 49.6 Å². The lowest BCUT2D eigenvalue weighted by Gasteiger charge is -2.29. The third-order valence-electron chi connectivity index (χ3n) is 5.19. The van der Waals surface area contributed by atoms with Crippen LogP contribution in [0, 0.1) is 11.8 Å². The Morgan fingerprint density at radius 1 is 0.700 bits per heavy atom. The average molecular weight is 537 g/mol. The molecular formula is C22H32Cl6N2. The quantitative estimate of drug-likeness (QED) is 0.368. The lowest BCUT2D eigenvalue weighted by Crippen LogP contribution is -2.31. The van der Waals surface area contributed by atoms with E-state index in [0.29, 0.717) is 0 Å². The molecule has 0 bridgehead atoms. The van der Waals surface area contributed by atoms with Gasteiger partial charge in [-0.1, -0.05) is 53.9 Å². The van der Waals surface area contributed by atoms with Crippen LogP contribution in [0.5, 0.6) is 0 Å². The normalized spacial score (nSPS) is 17.5. The second kappa shape index (κ2) is 17.6. The fourth-order valence-corrected chi connectivity index (χ4v) is 4.33. The summed E-state index contributed by atoms with van der Waals surface area (Å²) in [5, 5.41) is 8.85. The van der Waals surface area contributed by atoms with Gasteiger partial charge >= 0.3 is 0 Å². The Kier molecular flexibility index (Phi) is 19.0. The van der Waals surface area contributed by atoms with Gasteiger partial charge in [-0.05, 0) is 79.6 Å². The van der Waals surface area contributed by atoms with Crippen molar-refractivity contribution in [2.45, 2.75) is 38.8 Å². The van der Waals surface area contributed by atoms with E-state index in [1.54, 1.807) is 0 Å². The minimum atomic E-state index is 0. The predicted molar refractivity (Wildman–Crippen MR) is 141 cm³/mol. The first-order chi connectivity index (χ1) is 12.7. The number of nitrogens with one attached hydrogen (secondary N) is 2. The molecular weight excluding hydrogens is 505 g/mol. The van der Waals surface area contributed by atoms with Crippen molar-refractivity contribution in [3.05, 3.63) is 69.7 Å². The minimum absolute atomic E-state index is 0. The van der Waals surface area contributed by atoms with Gasteiger partial charge in [0, 0.05) is 23.1 Å². The van der Waals surface area contributed by atoms with Gasteiger partial charge in [-0.15, -0.1) is 49.6 Å². The van der Waals surface area contributed by atoms with E-state index in [9.17, 15) is 0 Å². The molecule has 2 aromatic carbocycles. The number of benzene rings is 2. The number of halogens is 6. The highest BCUT2D eigenvalue weighted by molar-refractivity contribution is 6.30. The Bertz CT molecular complexity index is 643. The molecule has 0 heterocycles. The van der Waals surface area contributed by atoms with Gasteiger partial charge in [0.15, 0.2) is 0 Å². The van der Waals surface area contributed by atoms with Crippen molar-refractivity contribution in [2.24, 2.45) is 11.8 Å². The molecule has 1 saturated carbocycles. The molecule has 1 fully saturated rings. The molecule has 2 atom stereocenters. The highest BCUT2D eigenvalue weighted by atomic mass is 35.5. The molecule has 1 aliphatic rings. The minimum Gasteiger partial charge on any atom is -0.312 e. The molecule has 172 valence electrons. The van der Waals surface area contributed by atoms with Crippen LogP contribution in [0.4, 0.5) is 0 Å². The summed E-state index contributed by atoms with van der Waals surface area (Å²) in [5.41, 5.74) is 2.51. The standard InChI is InChI=1S/C22H28Cl2N2.4ClH/c23-21-8-2-6-19(11-21)15-25-13-17-4-1-5-18(10-17)14-26-16-20-7-3-9-22(24)12-20;;;;/h2-3,6-9,11-12,17-18,25-26H,1,4-5,10,13-16H2;4*1H. The Labute approximate surface area is 215 Å². The van der Waals surface area contributed by atoms with Crippen LogP contribution < -0.4 is 10.6 Å². The predicted octanol–water partition coefficient (Wildman–Crippen LogP) is 7.37. The molecule has 0 amide bonds. The van der Waals surface area contributed by atoms with Crippen molar-refractivity contribution in [1.82, 2.24) is 10.6 Å². The van der Waals surface area contributed by atoms with Crippen LogP contribution in [0.15, 0.2) is 48.5 Å². The molecule has 0 radical (unpaired) electrons. The SMILES string of the molecule is Cl.Cl.Cl.Cl.Clc1cccc(CNCC2CCCC(CNCc3cccc(Cl)c3)C2)c1. The number of hydrogen-bond donors (Lipinski definition) is 2. The van der Waals surface area contributed by atoms with Crippen molar-refractivity contribution in [3.63, 3.8) is 0 Å². The van der Waals surface area contributed by atoms with Gasteiger partial charge in [0.2, 0.25) is 0 Å². The summed E-state index contributed by atoms with van der Waals surface area (Å²) < 4.78 is 0. The second-order valence-electron chi connectivity index (χ2n) is 7.42.